The first-order chi connectivity index (χ1) is 31.2. The Labute approximate surface area is 372 Å². The minimum atomic E-state index is -3.18. The third-order valence-electron chi connectivity index (χ3n) is 12.3. The number of fused-ring (bicyclic) bond motifs is 2. The molecule has 3 aromatic carbocycles. The van der Waals surface area contributed by atoms with E-state index in [0.717, 1.165) is 35.1 Å². The fourth-order valence-electron chi connectivity index (χ4n) is 9.13. The number of carboxylic acid groups (broad SMARTS) is 1. The van der Waals surface area contributed by atoms with Gasteiger partial charge in [0.05, 0.1) is 10.9 Å². The highest BCUT2D eigenvalue weighted by Gasteiger charge is 2.59. The second-order valence-corrected chi connectivity index (χ2v) is 17.0. The molecule has 3 aliphatic heterocycles. The fourth-order valence-corrected chi connectivity index (χ4v) is 9.13. The number of phenols is 1. The number of allylic oxidation sites excluding steroid dienone is 1. The van der Waals surface area contributed by atoms with E-state index >= 15 is 0 Å². The number of nitrogens with one attached hydrogen (secondary N) is 2. The van der Waals surface area contributed by atoms with Gasteiger partial charge in [-0.3, -0.25) is 14.4 Å². The van der Waals surface area contributed by atoms with Gasteiger partial charge in [0.2, 0.25) is 12.4 Å². The zero-order valence-electron chi connectivity index (χ0n) is 35.6. The molecule has 344 valence electrons. The van der Waals surface area contributed by atoms with Crippen molar-refractivity contribution in [3.8, 4) is 22.6 Å². The van der Waals surface area contributed by atoms with Gasteiger partial charge >= 0.3 is 11.9 Å². The molecule has 0 radical (unpaired) electrons. The normalized spacial score (nSPS) is 25.0. The lowest BCUT2D eigenvalue weighted by Gasteiger charge is -2.46. The number of hydrogen-bond donors (Lipinski definition) is 9. The van der Waals surface area contributed by atoms with Gasteiger partial charge in [-0.05, 0) is 81.1 Å². The monoisotopic (exact) mass is 898 g/mol. The third kappa shape index (κ3) is 9.35. The Kier molecular flexibility index (Phi) is 13.4. The van der Waals surface area contributed by atoms with E-state index in [1.807, 2.05) is 38.1 Å². The Morgan fingerprint density at radius 3 is 2.38 bits per heavy atom. The minimum absolute atomic E-state index is 0.00670. The van der Waals surface area contributed by atoms with E-state index in [-0.39, 0.29) is 47.0 Å². The predicted molar refractivity (Wildman–Crippen MR) is 231 cm³/mol. The van der Waals surface area contributed by atoms with Crippen LogP contribution in [0.3, 0.4) is 0 Å². The molecule has 0 spiro atoms. The summed E-state index contributed by atoms with van der Waals surface area (Å²) in [6, 6.07) is 14.8. The molecular formula is C47H52N3O15+. The van der Waals surface area contributed by atoms with E-state index in [1.54, 1.807) is 18.3 Å². The maximum absolute atomic E-state index is 13.8. The molecule has 2 fully saturated rings. The molecule has 8 rings (SSSR count). The number of rotatable bonds is 16. The number of aliphatic hydroxyl groups is 5. The number of esters is 1. The van der Waals surface area contributed by atoms with Crippen molar-refractivity contribution in [1.29, 1.82) is 0 Å². The van der Waals surface area contributed by atoms with Crippen molar-refractivity contribution in [3.05, 3.63) is 111 Å². The van der Waals surface area contributed by atoms with Crippen molar-refractivity contribution < 1.29 is 73.9 Å². The van der Waals surface area contributed by atoms with E-state index in [1.165, 1.54) is 36.6 Å². The second-order valence-electron chi connectivity index (χ2n) is 17.0. The quantitative estimate of drug-likeness (QED) is 0.0437. The fraction of sp³-hybridized carbons (Fsp3) is 0.404. The number of phenolic OH excluding ortho intramolecular Hbond substituents is 1. The summed E-state index contributed by atoms with van der Waals surface area (Å²) in [7, 11) is 0. The highest BCUT2D eigenvalue weighted by molar-refractivity contribution is 5.95. The highest BCUT2D eigenvalue weighted by Crippen LogP contribution is 2.35. The molecule has 9 N–H and O–H groups in total. The Hall–Kier alpha value is -5.80. The number of quaternary nitrogens is 1. The molecule has 9 atom stereocenters. The molecule has 4 aliphatic rings. The molecule has 1 saturated carbocycles. The van der Waals surface area contributed by atoms with Gasteiger partial charge in [-0.25, -0.2) is 4.99 Å². The van der Waals surface area contributed by atoms with Crippen molar-refractivity contribution in [1.82, 2.24) is 5.32 Å². The third-order valence-corrected chi connectivity index (χ3v) is 12.3. The minimum Gasteiger partial charge on any atom is -0.508 e. The van der Waals surface area contributed by atoms with E-state index < -0.39 is 79.0 Å². The van der Waals surface area contributed by atoms with Crippen molar-refractivity contribution in [2.45, 2.75) is 94.5 Å². The number of carbonyl (C=O) groups is 2. The van der Waals surface area contributed by atoms with Crippen LogP contribution in [0.1, 0.15) is 48.8 Å². The number of carbonyl (C=O) groups excluding carboxylic acids is 1. The van der Waals surface area contributed by atoms with Gasteiger partial charge in [-0.15, -0.1) is 0 Å². The molecule has 65 heavy (non-hydrogen) atoms. The van der Waals surface area contributed by atoms with E-state index in [9.17, 15) is 50.1 Å². The zero-order chi connectivity index (χ0) is 46.2. The van der Waals surface area contributed by atoms with Crippen LogP contribution in [0.25, 0.3) is 27.8 Å². The first-order valence-electron chi connectivity index (χ1n) is 21.5. The van der Waals surface area contributed by atoms with Crippen LogP contribution in [0.15, 0.2) is 98.5 Å². The first-order valence-corrected chi connectivity index (χ1v) is 21.5. The number of benzene rings is 3. The Bertz CT molecular complexity index is 2570. The number of aliphatic carboxylic acids is 1. The Morgan fingerprint density at radius 2 is 1.71 bits per heavy atom. The highest BCUT2D eigenvalue weighted by atomic mass is 16.8. The van der Waals surface area contributed by atoms with Crippen LogP contribution in [-0.2, 0) is 23.9 Å². The average Bonchev–Trinajstić information content (AvgIpc) is 4.03. The topological polar surface area (TPSA) is 272 Å². The van der Waals surface area contributed by atoms with Crippen molar-refractivity contribution in [2.75, 3.05) is 19.8 Å². The summed E-state index contributed by atoms with van der Waals surface area (Å²) < 4.78 is 23.7. The number of aliphatic imine (C=N–C) groups is 1. The smallest absolute Gasteiger partial charge is 0.324 e. The van der Waals surface area contributed by atoms with E-state index in [0.29, 0.717) is 34.9 Å². The van der Waals surface area contributed by atoms with Gasteiger partial charge < -0.3 is 59.7 Å². The second kappa shape index (κ2) is 19.0. The van der Waals surface area contributed by atoms with Crippen LogP contribution < -0.4 is 20.5 Å². The number of nitrogens with zero attached hydrogens (tertiary/aromatic N) is 1. The zero-order valence-corrected chi connectivity index (χ0v) is 35.6. The summed E-state index contributed by atoms with van der Waals surface area (Å²) in [5.41, 5.74) is 5.18. The molecule has 1 aliphatic carbocycles. The number of hydrogen-bond acceptors (Lipinski definition) is 16. The number of hydroxylamine groups is 2. The molecule has 4 aromatic rings. The van der Waals surface area contributed by atoms with Crippen molar-refractivity contribution in [3.63, 3.8) is 0 Å². The predicted octanol–water partition coefficient (Wildman–Crippen LogP) is 1.39. The van der Waals surface area contributed by atoms with E-state index in [4.69, 9.17) is 23.5 Å². The summed E-state index contributed by atoms with van der Waals surface area (Å²) in [5, 5.41) is 79.7. The SMILES string of the molecule is Cc1cc(C)cc(C2=C3N=CC=C3C[NH+]2O[C@@H]2[C@@H](Oc3ccc4c(=O)c(-c5ccc(O)cc5)coc4c3)O[C@@H]([C@@](O)(CO)OC(=O)[C@H](C(=O)O)[C@H](CCO)NC3CCCC3)[C@H](O)[C@H]2O)c1. The maximum atomic E-state index is 13.8. The van der Waals surface area contributed by atoms with Gasteiger partial charge in [-0.2, -0.15) is 9.90 Å². The Morgan fingerprint density at radius 1 is 0.985 bits per heavy atom. The molecule has 1 aromatic heterocycles. The van der Waals surface area contributed by atoms with Crippen LogP contribution in [0.5, 0.6) is 11.5 Å². The molecule has 1 saturated heterocycles. The van der Waals surface area contributed by atoms with Gasteiger partial charge in [0.1, 0.15) is 54.4 Å². The maximum Gasteiger partial charge on any atom is 0.324 e. The number of carboxylic acids is 1. The summed E-state index contributed by atoms with van der Waals surface area (Å²) in [6.45, 7) is 2.19. The number of aromatic hydroxyl groups is 1. The summed E-state index contributed by atoms with van der Waals surface area (Å²) >= 11 is 0. The van der Waals surface area contributed by atoms with Gasteiger partial charge in [0, 0.05) is 42.1 Å². The van der Waals surface area contributed by atoms with Crippen LogP contribution in [0.2, 0.25) is 0 Å². The lowest BCUT2D eigenvalue weighted by molar-refractivity contribution is -1.04. The summed E-state index contributed by atoms with van der Waals surface area (Å²) in [6.07, 6.45) is -1.97. The van der Waals surface area contributed by atoms with Gasteiger partial charge in [0.25, 0.3) is 5.79 Å². The van der Waals surface area contributed by atoms with Crippen LogP contribution in [0.4, 0.5) is 0 Å². The molecule has 4 heterocycles. The summed E-state index contributed by atoms with van der Waals surface area (Å²) in [5.74, 6) is -8.30. The number of aryl methyl sites for hydroxylation is 2. The largest absolute Gasteiger partial charge is 0.508 e. The lowest BCUT2D eigenvalue weighted by atomic mass is 9.92. The lowest BCUT2D eigenvalue weighted by Crippen LogP contribution is -3.08. The van der Waals surface area contributed by atoms with Crippen LogP contribution >= 0.6 is 0 Å². The average molecular weight is 899 g/mol. The van der Waals surface area contributed by atoms with Gasteiger partial charge in [0.15, 0.2) is 23.1 Å². The van der Waals surface area contributed by atoms with Crippen molar-refractivity contribution >= 4 is 34.8 Å². The summed E-state index contributed by atoms with van der Waals surface area (Å²) in [4.78, 5) is 51.2. The van der Waals surface area contributed by atoms with E-state index in [2.05, 4.69) is 10.3 Å². The van der Waals surface area contributed by atoms with Gasteiger partial charge in [-0.1, -0.05) is 42.2 Å². The molecule has 0 bridgehead atoms. The molecule has 0 amide bonds. The number of aliphatic hydroxyl groups excluding tert-OH is 4. The first kappa shape index (κ1) is 45.8. The Balaban J connectivity index is 1.13. The van der Waals surface area contributed by atoms with Crippen LogP contribution in [-0.4, -0.2) is 122 Å². The molecular weight excluding hydrogens is 847 g/mol. The molecule has 1 unspecified atom stereocenters. The molecule has 18 nitrogen and oxygen atoms in total. The molecule has 18 heteroatoms. The standard InChI is InChI=1S/C47H51N3O15/c1-24-17-25(2)19-28(18-24)38-37-27(13-15-48-37)21-50(38)65-42-40(55)41(56)43(47(60,23-52)64-45(59)36(44(57)58)34(14-16-51)49-29-5-3-4-6-29)63-46(42)62-31-11-12-32-35(20-31)61-22-33(39(32)54)26-7-9-30(53)10-8-26/h7-13,15,17-20,22,29,34,36,40-43,46,49,51-53,55-56,60H,3-6,14,16,21,23H2,1-2H3,(H,57,58)/p+1/t34-,36-,40+,41+,42-,43+,46-,47+/m0/s1. The van der Waals surface area contributed by atoms with Crippen LogP contribution in [0, 0.1) is 19.8 Å². The van der Waals surface area contributed by atoms with Crippen molar-refractivity contribution in [2.24, 2.45) is 10.9 Å². The number of ether oxygens (including phenoxy) is 3.